The number of nitrogens with zero attached hydrogens (tertiary/aromatic N) is 1. The number of alkyl halides is 3. The lowest BCUT2D eigenvalue weighted by atomic mass is 10.1. The van der Waals surface area contributed by atoms with E-state index >= 15 is 0 Å². The fourth-order valence-corrected chi connectivity index (χ4v) is 3.31. The van der Waals surface area contributed by atoms with Gasteiger partial charge in [0.15, 0.2) is 11.0 Å². The molecule has 0 bridgehead atoms. The molecule has 0 unspecified atom stereocenters. The van der Waals surface area contributed by atoms with Crippen molar-refractivity contribution in [2.24, 2.45) is 0 Å². The molecule has 1 aromatic heterocycles. The Morgan fingerprint density at radius 1 is 1.06 bits per heavy atom. The molecular formula is C20H15F4N5O3S. The van der Waals surface area contributed by atoms with Crippen molar-refractivity contribution < 1.29 is 27.2 Å². The van der Waals surface area contributed by atoms with E-state index in [0.29, 0.717) is 11.8 Å². The van der Waals surface area contributed by atoms with Gasteiger partial charge in [0.1, 0.15) is 11.5 Å². The van der Waals surface area contributed by atoms with Crippen molar-refractivity contribution in [2.45, 2.75) is 11.3 Å². The first kappa shape index (κ1) is 23.8. The number of anilines is 3. The predicted octanol–water partition coefficient (Wildman–Crippen LogP) is 3.49. The maximum Gasteiger partial charge on any atom is 0.418 e. The molecule has 0 aliphatic heterocycles. The van der Waals surface area contributed by atoms with Crippen molar-refractivity contribution in [3.8, 4) is 0 Å². The molecule has 0 saturated carbocycles. The molecule has 3 aromatic rings. The maximum atomic E-state index is 13.7. The van der Waals surface area contributed by atoms with Gasteiger partial charge in [-0.25, -0.2) is 9.37 Å². The molecule has 3 rings (SSSR count). The predicted molar refractivity (Wildman–Crippen MR) is 114 cm³/mol. The Labute approximate surface area is 187 Å². The number of nitrogens with one attached hydrogen (secondary N) is 3. The van der Waals surface area contributed by atoms with Gasteiger partial charge < -0.3 is 16.4 Å². The third kappa shape index (κ3) is 5.88. The van der Waals surface area contributed by atoms with Crippen LogP contribution in [0.15, 0.2) is 58.5 Å². The van der Waals surface area contributed by atoms with Crippen LogP contribution >= 0.6 is 11.8 Å². The number of hydrogen-bond acceptors (Lipinski definition) is 6. The zero-order valence-electron chi connectivity index (χ0n) is 16.5. The van der Waals surface area contributed by atoms with Crippen LogP contribution < -0.4 is 21.9 Å². The van der Waals surface area contributed by atoms with Gasteiger partial charge in [-0.05, 0) is 24.3 Å². The standard InChI is InChI=1S/C20H15F4N5O3S/c21-12-7-3-1-5-10(12)17(31)27-15-16(25)28-19(29-18(15)32)33-9-14(30)26-13-8-4-2-6-11(13)20(22,23)24/h1-8H,9H2,(H,26,30)(H,27,31)(H3,25,28,29,32). The summed E-state index contributed by atoms with van der Waals surface area (Å²) in [6.07, 6.45) is -4.65. The lowest BCUT2D eigenvalue weighted by Gasteiger charge is -2.13. The summed E-state index contributed by atoms with van der Waals surface area (Å²) in [6.45, 7) is 0. The minimum Gasteiger partial charge on any atom is -0.382 e. The summed E-state index contributed by atoms with van der Waals surface area (Å²) in [6, 6.07) is 9.57. The van der Waals surface area contributed by atoms with E-state index in [9.17, 15) is 31.9 Å². The molecule has 0 radical (unpaired) electrons. The number of nitrogen functional groups attached to an aromatic ring is 1. The van der Waals surface area contributed by atoms with Crippen molar-refractivity contribution in [3.05, 3.63) is 75.8 Å². The second-order valence-corrected chi connectivity index (χ2v) is 7.41. The number of hydrogen-bond donors (Lipinski definition) is 4. The first-order valence-corrected chi connectivity index (χ1v) is 10.1. The van der Waals surface area contributed by atoms with Crippen molar-refractivity contribution in [2.75, 3.05) is 22.1 Å². The van der Waals surface area contributed by atoms with Gasteiger partial charge in [0.2, 0.25) is 5.91 Å². The van der Waals surface area contributed by atoms with Crippen LogP contribution in [-0.4, -0.2) is 27.5 Å². The summed E-state index contributed by atoms with van der Waals surface area (Å²) in [7, 11) is 0. The van der Waals surface area contributed by atoms with Crippen LogP contribution in [0.25, 0.3) is 0 Å². The van der Waals surface area contributed by atoms with Crippen molar-refractivity contribution in [1.29, 1.82) is 0 Å². The summed E-state index contributed by atoms with van der Waals surface area (Å²) in [5, 5.41) is 4.22. The third-order valence-electron chi connectivity index (χ3n) is 4.13. The minimum atomic E-state index is -4.65. The maximum absolute atomic E-state index is 13.7. The molecule has 2 amide bonds. The molecular weight excluding hydrogens is 466 g/mol. The summed E-state index contributed by atoms with van der Waals surface area (Å²) >= 11 is 0.703. The van der Waals surface area contributed by atoms with E-state index in [4.69, 9.17) is 5.73 Å². The third-order valence-corrected chi connectivity index (χ3v) is 5.00. The molecule has 13 heteroatoms. The monoisotopic (exact) mass is 481 g/mol. The highest BCUT2D eigenvalue weighted by Crippen LogP contribution is 2.34. The van der Waals surface area contributed by atoms with Crippen LogP contribution in [0.2, 0.25) is 0 Å². The van der Waals surface area contributed by atoms with Gasteiger partial charge in [-0.1, -0.05) is 36.0 Å². The average Bonchev–Trinajstić information content (AvgIpc) is 2.74. The lowest BCUT2D eigenvalue weighted by molar-refractivity contribution is -0.137. The molecule has 172 valence electrons. The van der Waals surface area contributed by atoms with Crippen molar-refractivity contribution in [1.82, 2.24) is 9.97 Å². The lowest BCUT2D eigenvalue weighted by Crippen LogP contribution is -2.24. The minimum absolute atomic E-state index is 0.111. The van der Waals surface area contributed by atoms with Gasteiger partial charge in [-0.2, -0.15) is 13.2 Å². The Bertz CT molecular complexity index is 1260. The number of benzene rings is 2. The van der Waals surface area contributed by atoms with Crippen LogP contribution in [0, 0.1) is 5.82 Å². The molecule has 33 heavy (non-hydrogen) atoms. The van der Waals surface area contributed by atoms with Gasteiger partial charge in [-0.3, -0.25) is 19.4 Å². The van der Waals surface area contributed by atoms with Crippen LogP contribution in [0.4, 0.5) is 34.8 Å². The van der Waals surface area contributed by atoms with E-state index in [1.54, 1.807) is 0 Å². The number of H-pyrrole nitrogens is 1. The zero-order valence-corrected chi connectivity index (χ0v) is 17.3. The number of halogens is 4. The number of para-hydroxylation sites is 1. The molecule has 8 nitrogen and oxygen atoms in total. The summed E-state index contributed by atoms with van der Waals surface area (Å²) in [5.41, 5.74) is 2.69. The fourth-order valence-electron chi connectivity index (χ4n) is 2.64. The topological polar surface area (TPSA) is 130 Å². The SMILES string of the molecule is Nc1nc(SCC(=O)Nc2ccccc2C(F)(F)F)[nH]c(=O)c1NC(=O)c1ccccc1F. The molecule has 2 aromatic carbocycles. The Kier molecular flexibility index (Phi) is 7.01. The molecule has 0 saturated heterocycles. The number of amides is 2. The van der Waals surface area contributed by atoms with E-state index in [1.165, 1.54) is 30.3 Å². The highest BCUT2D eigenvalue weighted by atomic mass is 32.2. The highest BCUT2D eigenvalue weighted by Gasteiger charge is 2.33. The normalized spacial score (nSPS) is 11.2. The summed E-state index contributed by atoms with van der Waals surface area (Å²) < 4.78 is 52.8. The first-order valence-electron chi connectivity index (χ1n) is 9.11. The number of aromatic nitrogens is 2. The number of thioether (sulfide) groups is 1. The van der Waals surface area contributed by atoms with Crippen LogP contribution in [0.1, 0.15) is 15.9 Å². The van der Waals surface area contributed by atoms with Gasteiger partial charge in [0.25, 0.3) is 11.5 Å². The average molecular weight is 481 g/mol. The quantitative estimate of drug-likeness (QED) is 0.242. The zero-order chi connectivity index (χ0) is 24.2. The van der Waals surface area contributed by atoms with Crippen LogP contribution in [-0.2, 0) is 11.0 Å². The molecule has 0 spiro atoms. The number of aromatic amines is 1. The molecule has 0 atom stereocenters. The van der Waals surface area contributed by atoms with E-state index < -0.39 is 57.9 Å². The highest BCUT2D eigenvalue weighted by molar-refractivity contribution is 7.99. The molecule has 5 N–H and O–H groups in total. The number of carbonyl (C=O) groups excluding carboxylic acids is 2. The number of carbonyl (C=O) groups is 2. The Balaban J connectivity index is 1.68. The smallest absolute Gasteiger partial charge is 0.382 e. The number of rotatable bonds is 6. The first-order chi connectivity index (χ1) is 15.6. The van der Waals surface area contributed by atoms with Crippen molar-refractivity contribution >= 4 is 40.8 Å². The number of nitrogens with two attached hydrogens (primary N) is 1. The summed E-state index contributed by atoms with van der Waals surface area (Å²) in [5.74, 6) is -3.29. The second kappa shape index (κ2) is 9.73. The van der Waals surface area contributed by atoms with E-state index in [-0.39, 0.29) is 10.7 Å². The van der Waals surface area contributed by atoms with Crippen molar-refractivity contribution in [3.63, 3.8) is 0 Å². The molecule has 1 heterocycles. The van der Waals surface area contributed by atoms with E-state index in [1.807, 2.05) is 0 Å². The fraction of sp³-hybridized carbons (Fsp3) is 0.100. The second-order valence-electron chi connectivity index (χ2n) is 6.45. The molecule has 0 aliphatic rings. The Morgan fingerprint density at radius 2 is 1.73 bits per heavy atom. The van der Waals surface area contributed by atoms with E-state index in [2.05, 4.69) is 20.6 Å². The molecule has 0 aliphatic carbocycles. The van der Waals surface area contributed by atoms with Crippen LogP contribution in [0.5, 0.6) is 0 Å². The van der Waals surface area contributed by atoms with Gasteiger partial charge in [0.05, 0.1) is 22.6 Å². The van der Waals surface area contributed by atoms with Gasteiger partial charge >= 0.3 is 6.18 Å². The van der Waals surface area contributed by atoms with Gasteiger partial charge in [0, 0.05) is 0 Å². The molecule has 0 fully saturated rings. The van der Waals surface area contributed by atoms with E-state index in [0.717, 1.165) is 18.2 Å². The van der Waals surface area contributed by atoms with Gasteiger partial charge in [-0.15, -0.1) is 0 Å². The Morgan fingerprint density at radius 3 is 2.39 bits per heavy atom. The Hall–Kier alpha value is -3.87. The van der Waals surface area contributed by atoms with Crippen LogP contribution in [0.3, 0.4) is 0 Å². The largest absolute Gasteiger partial charge is 0.418 e. The summed E-state index contributed by atoms with van der Waals surface area (Å²) in [4.78, 5) is 42.7.